The zero-order valence-corrected chi connectivity index (χ0v) is 20.4. The average Bonchev–Trinajstić information content (AvgIpc) is 2.72. The Bertz CT molecular complexity index is 1060. The van der Waals surface area contributed by atoms with Gasteiger partial charge in [0.25, 0.3) is 0 Å². The molecule has 0 atom stereocenters. The summed E-state index contributed by atoms with van der Waals surface area (Å²) in [5.41, 5.74) is 1.29. The standard InChI is InChI=1S/C21H22N3O4S.Y/c1-29(26,27)15-19-18(21(25)24-10-6-3-7-11-24)12-17(13-22)20(23-19)28-14-16-8-4-2-5-9-16;/h2-5,8-9,12H,6-7,10-11,14-15H2,1H3;. The summed E-state index contributed by atoms with van der Waals surface area (Å²) in [6.07, 6.45) is 3.00. The third kappa shape index (κ3) is 6.10. The molecule has 0 saturated carbocycles. The van der Waals surface area contributed by atoms with Crippen molar-refractivity contribution >= 4 is 15.7 Å². The second kappa shape index (κ2) is 9.99. The molecule has 1 aliphatic rings. The summed E-state index contributed by atoms with van der Waals surface area (Å²) in [6, 6.07) is 12.8. The van der Waals surface area contributed by atoms with Gasteiger partial charge < -0.3 is 0 Å². The normalized spacial score (nSPS) is 14.8. The summed E-state index contributed by atoms with van der Waals surface area (Å²) in [4.78, 5) is 19.2. The first-order valence-corrected chi connectivity index (χ1v) is 13.3. The number of nitriles is 1. The molecule has 2 heterocycles. The van der Waals surface area contributed by atoms with Crippen LogP contribution in [-0.4, -0.2) is 43.6 Å². The number of aromatic nitrogens is 1. The van der Waals surface area contributed by atoms with Gasteiger partial charge in [-0.2, -0.15) is 0 Å². The van der Waals surface area contributed by atoms with Gasteiger partial charge in [-0.15, -0.1) is 0 Å². The van der Waals surface area contributed by atoms with Crippen molar-refractivity contribution < 1.29 is 48.9 Å². The van der Waals surface area contributed by atoms with E-state index < -0.39 is 15.6 Å². The van der Waals surface area contributed by atoms with Crippen molar-refractivity contribution in [3.05, 3.63) is 58.8 Å². The van der Waals surface area contributed by atoms with E-state index in [1.807, 2.05) is 36.4 Å². The number of carbonyl (C=O) groups excluding carboxylic acids is 1. The van der Waals surface area contributed by atoms with E-state index in [-0.39, 0.29) is 35.2 Å². The number of piperidine rings is 1. The molecule has 1 aliphatic heterocycles. The quantitative estimate of drug-likeness (QED) is 0.604. The van der Waals surface area contributed by atoms with Gasteiger partial charge in [-0.25, -0.2) is 0 Å². The summed E-state index contributed by atoms with van der Waals surface area (Å²) in [5, 5.41) is 9.58. The number of rotatable bonds is 6. The summed E-state index contributed by atoms with van der Waals surface area (Å²) in [6.45, 7) is 1.45. The van der Waals surface area contributed by atoms with E-state index in [2.05, 4.69) is 4.98 Å². The summed E-state index contributed by atoms with van der Waals surface area (Å²) >= 11 is 1.17. The van der Waals surface area contributed by atoms with E-state index in [0.717, 1.165) is 24.7 Å². The molecule has 1 saturated heterocycles. The molecule has 30 heavy (non-hydrogen) atoms. The van der Waals surface area contributed by atoms with Crippen molar-refractivity contribution in [3.63, 3.8) is 0 Å². The Balaban J connectivity index is 1.94. The number of benzene rings is 1. The number of sulfone groups is 1. The van der Waals surface area contributed by atoms with Crippen molar-refractivity contribution in [2.45, 2.75) is 27.9 Å². The Labute approximate surface area is 196 Å². The number of amides is 1. The topological polar surface area (TPSA) is 100 Å². The van der Waals surface area contributed by atoms with Gasteiger partial charge in [-0.05, 0) is 0 Å². The molecule has 154 valence electrons. The minimum absolute atomic E-state index is 0.0365. The Morgan fingerprint density at radius 2 is 1.97 bits per heavy atom. The molecule has 0 unspecified atom stereocenters. The molecule has 0 bridgehead atoms. The maximum absolute atomic E-state index is 13.1. The number of ether oxygens (including phenoxy) is 1. The molecule has 0 N–H and O–H groups in total. The van der Waals surface area contributed by atoms with Crippen LogP contribution in [0, 0.1) is 11.3 Å². The average molecular weight is 501 g/mol. The van der Waals surface area contributed by atoms with E-state index >= 15 is 0 Å². The van der Waals surface area contributed by atoms with Crippen LogP contribution in [0.4, 0.5) is 0 Å². The second-order valence-electron chi connectivity index (χ2n) is 7.42. The fourth-order valence-corrected chi connectivity index (χ4v) is 4.71. The maximum atomic E-state index is 13.1. The van der Waals surface area contributed by atoms with Crippen molar-refractivity contribution in [1.29, 1.82) is 5.26 Å². The first kappa shape index (κ1) is 22.9. The van der Waals surface area contributed by atoms with Crippen LogP contribution in [0.3, 0.4) is 0 Å². The Morgan fingerprint density at radius 1 is 1.30 bits per heavy atom. The van der Waals surface area contributed by atoms with Crippen molar-refractivity contribution in [2.24, 2.45) is 0 Å². The van der Waals surface area contributed by atoms with Crippen LogP contribution in [0.1, 0.15) is 40.0 Å². The zero-order valence-electron chi connectivity index (χ0n) is 16.7. The van der Waals surface area contributed by atoms with Crippen molar-refractivity contribution in [2.75, 3.05) is 19.3 Å². The molecule has 2 aromatic rings. The molecule has 7 nitrogen and oxygen atoms in total. The molecular formula is C21H22N3O4SY. The summed E-state index contributed by atoms with van der Waals surface area (Å²) in [7, 11) is -3.44. The first-order valence-electron chi connectivity index (χ1n) is 9.60. The van der Waals surface area contributed by atoms with Gasteiger partial charge in [0.1, 0.15) is 0 Å². The fourth-order valence-electron chi connectivity index (χ4n) is 3.26. The fraction of sp³-hybridized carbons (Fsp3) is 0.381. The van der Waals surface area contributed by atoms with Gasteiger partial charge in [0.15, 0.2) is 0 Å². The zero-order chi connectivity index (χ0) is 21.7. The van der Waals surface area contributed by atoms with Crippen LogP contribution in [-0.2, 0) is 53.2 Å². The number of nitrogens with zero attached hydrogens (tertiary/aromatic N) is 3. The summed E-state index contributed by atoms with van der Waals surface area (Å²) in [5.74, 6) is -0.632. The molecule has 0 spiro atoms. The summed E-state index contributed by atoms with van der Waals surface area (Å²) < 4.78 is 30.3. The molecule has 3 rings (SSSR count). The SMILES string of the molecule is CS(=O)(=O)Cc1nc(OCc2ccccc2)c(C#N)cc1C(=O)N1CC[CH]([Y])CC1. The van der Waals surface area contributed by atoms with Gasteiger partial charge in [0, 0.05) is 0 Å². The van der Waals surface area contributed by atoms with E-state index in [9.17, 15) is 18.5 Å². The number of hydrogen-bond acceptors (Lipinski definition) is 6. The van der Waals surface area contributed by atoms with Crippen molar-refractivity contribution in [1.82, 2.24) is 9.88 Å². The number of hydrogen-bond donors (Lipinski definition) is 0. The Kier molecular flexibility index (Phi) is 7.62. The van der Waals surface area contributed by atoms with Crippen LogP contribution in [0.15, 0.2) is 36.4 Å². The first-order chi connectivity index (χ1) is 14.3. The van der Waals surface area contributed by atoms with E-state index in [1.54, 1.807) is 4.90 Å². The number of likely N-dealkylation sites (tertiary alicyclic amines) is 1. The molecule has 9 heteroatoms. The Hall–Kier alpha value is -1.82. The molecule has 1 aromatic carbocycles. The van der Waals surface area contributed by atoms with Crippen LogP contribution < -0.4 is 4.74 Å². The number of carbonyl (C=O) groups is 1. The van der Waals surface area contributed by atoms with Crippen LogP contribution >= 0.6 is 0 Å². The molecule has 0 aliphatic carbocycles. The second-order valence-corrected chi connectivity index (χ2v) is 11.9. The van der Waals surface area contributed by atoms with Gasteiger partial charge in [0.2, 0.25) is 0 Å². The van der Waals surface area contributed by atoms with Crippen molar-refractivity contribution in [3.8, 4) is 11.9 Å². The van der Waals surface area contributed by atoms with Gasteiger partial charge in [-0.3, -0.25) is 0 Å². The van der Waals surface area contributed by atoms with E-state index in [4.69, 9.17) is 4.74 Å². The predicted molar refractivity (Wildman–Crippen MR) is 107 cm³/mol. The molecule has 1 fully saturated rings. The monoisotopic (exact) mass is 501 g/mol. The molecule has 1 aromatic heterocycles. The van der Waals surface area contributed by atoms with E-state index in [0.29, 0.717) is 15.8 Å². The minimum atomic E-state index is -3.44. The molecular weight excluding hydrogens is 479 g/mol. The van der Waals surface area contributed by atoms with Crippen LogP contribution in [0.2, 0.25) is 2.73 Å². The third-order valence-corrected chi connectivity index (χ3v) is 7.30. The van der Waals surface area contributed by atoms with Gasteiger partial charge >= 0.3 is 167 Å². The van der Waals surface area contributed by atoms with Crippen LogP contribution in [0.25, 0.3) is 0 Å². The molecule has 1 amide bonds. The third-order valence-electron chi connectivity index (χ3n) is 4.86. The molecule has 0 radical (unpaired) electrons. The van der Waals surface area contributed by atoms with Gasteiger partial charge in [-0.1, -0.05) is 30.3 Å². The van der Waals surface area contributed by atoms with E-state index in [1.165, 1.54) is 37.0 Å². The Morgan fingerprint density at radius 3 is 2.57 bits per heavy atom. The number of pyridine rings is 1. The predicted octanol–water partition coefficient (Wildman–Crippen LogP) is 2.65. The van der Waals surface area contributed by atoms with Crippen LogP contribution in [0.5, 0.6) is 5.88 Å². The van der Waals surface area contributed by atoms with Gasteiger partial charge in [0.05, 0.1) is 0 Å².